The maximum atomic E-state index is 13.0. The molecule has 28 heavy (non-hydrogen) atoms. The van der Waals surface area contributed by atoms with Crippen molar-refractivity contribution >= 4 is 5.91 Å². The predicted octanol–water partition coefficient (Wildman–Crippen LogP) is 3.70. The molecule has 0 aliphatic heterocycles. The first kappa shape index (κ1) is 19.6. The average molecular weight is 379 g/mol. The molecule has 0 saturated heterocycles. The summed E-state index contributed by atoms with van der Waals surface area (Å²) in [6, 6.07) is 17.2. The van der Waals surface area contributed by atoms with E-state index >= 15 is 0 Å². The van der Waals surface area contributed by atoms with Crippen LogP contribution in [0.15, 0.2) is 60.8 Å². The van der Waals surface area contributed by atoms with E-state index in [1.54, 1.807) is 25.1 Å². The summed E-state index contributed by atoms with van der Waals surface area (Å²) in [5, 5.41) is 7.73. The van der Waals surface area contributed by atoms with Crippen LogP contribution in [0.4, 0.5) is 0 Å². The molecule has 6 heteroatoms. The van der Waals surface area contributed by atoms with Gasteiger partial charge in [-0.2, -0.15) is 5.10 Å². The third kappa shape index (κ3) is 4.40. The quantitative estimate of drug-likeness (QED) is 0.648. The normalized spacial score (nSPS) is 11.8. The third-order valence-electron chi connectivity index (χ3n) is 4.52. The zero-order valence-electron chi connectivity index (χ0n) is 16.4. The largest absolute Gasteiger partial charge is 0.497 e. The average Bonchev–Trinajstić information content (AvgIpc) is 3.20. The predicted molar refractivity (Wildman–Crippen MR) is 109 cm³/mol. The van der Waals surface area contributed by atoms with E-state index in [4.69, 9.17) is 14.6 Å². The molecule has 0 radical (unpaired) electrons. The minimum Gasteiger partial charge on any atom is -0.497 e. The van der Waals surface area contributed by atoms with Crippen molar-refractivity contribution in [3.8, 4) is 22.7 Å². The summed E-state index contributed by atoms with van der Waals surface area (Å²) in [6.45, 7) is 2.48. The van der Waals surface area contributed by atoms with Crippen LogP contribution in [0.25, 0.3) is 16.9 Å². The minimum absolute atomic E-state index is 0.0595. The molecule has 0 fully saturated rings. The summed E-state index contributed by atoms with van der Waals surface area (Å²) in [4.78, 5) is 13.0. The maximum absolute atomic E-state index is 13.0. The van der Waals surface area contributed by atoms with Gasteiger partial charge in [0.1, 0.15) is 11.4 Å². The van der Waals surface area contributed by atoms with Crippen LogP contribution < -0.4 is 10.1 Å². The molecule has 0 bridgehead atoms. The summed E-state index contributed by atoms with van der Waals surface area (Å²) < 4.78 is 12.3. The zero-order valence-corrected chi connectivity index (χ0v) is 16.4. The van der Waals surface area contributed by atoms with Gasteiger partial charge in [-0.3, -0.25) is 4.79 Å². The number of carbonyl (C=O) groups is 1. The van der Waals surface area contributed by atoms with Crippen molar-refractivity contribution in [2.75, 3.05) is 20.8 Å². The number of nitrogens with zero attached hydrogens (tertiary/aromatic N) is 2. The van der Waals surface area contributed by atoms with E-state index < -0.39 is 0 Å². The third-order valence-corrected chi connectivity index (χ3v) is 4.52. The number of hydrogen-bond donors (Lipinski definition) is 1. The van der Waals surface area contributed by atoms with E-state index in [9.17, 15) is 4.79 Å². The van der Waals surface area contributed by atoms with E-state index in [-0.39, 0.29) is 11.9 Å². The van der Waals surface area contributed by atoms with Gasteiger partial charge in [-0.15, -0.1) is 0 Å². The van der Waals surface area contributed by atoms with Gasteiger partial charge in [0, 0.05) is 18.9 Å². The van der Waals surface area contributed by atoms with Crippen LogP contribution in [0.3, 0.4) is 0 Å². The van der Waals surface area contributed by atoms with E-state index in [1.807, 2.05) is 61.5 Å². The first-order valence-corrected chi connectivity index (χ1v) is 9.25. The van der Waals surface area contributed by atoms with Gasteiger partial charge in [-0.1, -0.05) is 37.3 Å². The van der Waals surface area contributed by atoms with Crippen molar-refractivity contribution in [1.82, 2.24) is 15.1 Å². The second-order valence-electron chi connectivity index (χ2n) is 6.44. The Morgan fingerprint density at radius 2 is 1.93 bits per heavy atom. The van der Waals surface area contributed by atoms with Gasteiger partial charge in [0.25, 0.3) is 5.91 Å². The molecule has 3 aromatic rings. The first-order valence-electron chi connectivity index (χ1n) is 9.25. The molecule has 1 N–H and O–H groups in total. The van der Waals surface area contributed by atoms with Crippen LogP contribution in [0, 0.1) is 0 Å². The van der Waals surface area contributed by atoms with Gasteiger partial charge in [0.15, 0.2) is 0 Å². The van der Waals surface area contributed by atoms with E-state index in [0.29, 0.717) is 23.6 Å². The lowest BCUT2D eigenvalue weighted by molar-refractivity contribution is 0.0895. The van der Waals surface area contributed by atoms with Crippen LogP contribution in [0.5, 0.6) is 5.75 Å². The van der Waals surface area contributed by atoms with E-state index in [2.05, 4.69) is 5.32 Å². The fourth-order valence-electron chi connectivity index (χ4n) is 2.96. The lowest BCUT2D eigenvalue weighted by Crippen LogP contribution is -2.37. The number of carbonyl (C=O) groups excluding carboxylic acids is 1. The number of aromatic nitrogens is 2. The summed E-state index contributed by atoms with van der Waals surface area (Å²) in [6.07, 6.45) is 2.54. The Labute approximate surface area is 165 Å². The van der Waals surface area contributed by atoms with Gasteiger partial charge < -0.3 is 14.8 Å². The fraction of sp³-hybridized carbons (Fsp3) is 0.273. The number of benzene rings is 2. The standard InChI is InChI=1S/C22H25N3O3/c1-4-17(15-27-2)23-22(26)20-14-25(18-10-6-5-7-11-18)24-21(20)16-9-8-12-19(13-16)28-3/h5-14,17H,4,15H2,1-3H3,(H,23,26). The van der Waals surface area contributed by atoms with Crippen molar-refractivity contribution < 1.29 is 14.3 Å². The molecule has 0 saturated carbocycles. The van der Waals surface area contributed by atoms with E-state index in [1.165, 1.54) is 0 Å². The number of rotatable bonds is 8. The fourth-order valence-corrected chi connectivity index (χ4v) is 2.96. The van der Waals surface area contributed by atoms with Crippen molar-refractivity contribution in [2.45, 2.75) is 19.4 Å². The minimum atomic E-state index is -0.177. The lowest BCUT2D eigenvalue weighted by atomic mass is 10.1. The first-order chi connectivity index (χ1) is 13.7. The zero-order chi connectivity index (χ0) is 19.9. The molecule has 2 aromatic carbocycles. The van der Waals surface area contributed by atoms with Gasteiger partial charge in [0.2, 0.25) is 0 Å². The number of hydrogen-bond acceptors (Lipinski definition) is 4. The summed E-state index contributed by atoms with van der Waals surface area (Å²) >= 11 is 0. The highest BCUT2D eigenvalue weighted by molar-refractivity contribution is 6.00. The van der Waals surface area contributed by atoms with Crippen molar-refractivity contribution in [1.29, 1.82) is 0 Å². The number of para-hydroxylation sites is 1. The molecule has 6 nitrogen and oxygen atoms in total. The molecule has 1 aromatic heterocycles. The monoisotopic (exact) mass is 379 g/mol. The van der Waals surface area contributed by atoms with Gasteiger partial charge in [0.05, 0.1) is 31.0 Å². The Hall–Kier alpha value is -3.12. The highest BCUT2D eigenvalue weighted by atomic mass is 16.5. The molecule has 146 valence electrons. The number of ether oxygens (including phenoxy) is 2. The molecule has 3 rings (SSSR count). The Kier molecular flexibility index (Phi) is 6.45. The molecule has 1 atom stereocenters. The summed E-state index contributed by atoms with van der Waals surface area (Å²) in [5.74, 6) is 0.535. The molecule has 1 amide bonds. The van der Waals surface area contributed by atoms with Crippen LogP contribution in [0.2, 0.25) is 0 Å². The Morgan fingerprint density at radius 3 is 2.61 bits per heavy atom. The highest BCUT2D eigenvalue weighted by Crippen LogP contribution is 2.27. The number of amides is 1. The molecular formula is C22H25N3O3. The molecule has 1 heterocycles. The van der Waals surface area contributed by atoms with Gasteiger partial charge >= 0.3 is 0 Å². The number of nitrogens with one attached hydrogen (secondary N) is 1. The van der Waals surface area contributed by atoms with Crippen LogP contribution in [-0.2, 0) is 4.74 Å². The van der Waals surface area contributed by atoms with E-state index in [0.717, 1.165) is 17.7 Å². The highest BCUT2D eigenvalue weighted by Gasteiger charge is 2.21. The van der Waals surface area contributed by atoms with Gasteiger partial charge in [-0.05, 0) is 30.7 Å². The smallest absolute Gasteiger partial charge is 0.255 e. The Bertz CT molecular complexity index is 922. The summed E-state index contributed by atoms with van der Waals surface area (Å²) in [7, 11) is 3.25. The second kappa shape index (κ2) is 9.19. The molecular weight excluding hydrogens is 354 g/mol. The van der Waals surface area contributed by atoms with Crippen molar-refractivity contribution in [3.05, 3.63) is 66.4 Å². The van der Waals surface area contributed by atoms with Crippen LogP contribution in [-0.4, -0.2) is 42.6 Å². The van der Waals surface area contributed by atoms with Crippen LogP contribution in [0.1, 0.15) is 23.7 Å². The summed E-state index contributed by atoms with van der Waals surface area (Å²) in [5.41, 5.74) is 2.81. The maximum Gasteiger partial charge on any atom is 0.255 e. The van der Waals surface area contributed by atoms with Crippen molar-refractivity contribution in [3.63, 3.8) is 0 Å². The topological polar surface area (TPSA) is 65.4 Å². The SMILES string of the molecule is CCC(COC)NC(=O)c1cn(-c2ccccc2)nc1-c1cccc(OC)c1. The molecule has 1 unspecified atom stereocenters. The molecule has 0 spiro atoms. The lowest BCUT2D eigenvalue weighted by Gasteiger charge is -2.15. The van der Waals surface area contributed by atoms with Crippen LogP contribution >= 0.6 is 0 Å². The number of methoxy groups -OCH3 is 2. The van der Waals surface area contributed by atoms with Gasteiger partial charge in [-0.25, -0.2) is 4.68 Å². The Balaban J connectivity index is 2.03. The molecule has 0 aliphatic carbocycles. The van der Waals surface area contributed by atoms with Crippen molar-refractivity contribution in [2.24, 2.45) is 0 Å². The molecule has 0 aliphatic rings. The second-order valence-corrected chi connectivity index (χ2v) is 6.44. The Morgan fingerprint density at radius 1 is 1.14 bits per heavy atom.